The van der Waals surface area contributed by atoms with Crippen LogP contribution >= 0.6 is 0 Å². The van der Waals surface area contributed by atoms with E-state index in [0.29, 0.717) is 18.8 Å². The molecule has 4 rings (SSSR count). The van der Waals surface area contributed by atoms with Crippen LogP contribution in [0.4, 0.5) is 14.9 Å². The highest BCUT2D eigenvalue weighted by Gasteiger charge is 2.33. The summed E-state index contributed by atoms with van der Waals surface area (Å²) in [5, 5.41) is 14.9. The molecule has 2 aromatic heterocycles. The van der Waals surface area contributed by atoms with Crippen LogP contribution in [0, 0.1) is 5.82 Å². The third-order valence-corrected chi connectivity index (χ3v) is 3.65. The van der Waals surface area contributed by atoms with E-state index in [-0.39, 0.29) is 11.8 Å². The summed E-state index contributed by atoms with van der Waals surface area (Å²) in [5.74, 6) is -0.509. The summed E-state index contributed by atoms with van der Waals surface area (Å²) in [6.07, 6.45) is 5.33. The minimum absolute atomic E-state index is 0.253. The van der Waals surface area contributed by atoms with Gasteiger partial charge in [0.15, 0.2) is 5.82 Å². The van der Waals surface area contributed by atoms with E-state index in [4.69, 9.17) is 4.74 Å². The largest absolute Gasteiger partial charge is 0.442 e. The van der Waals surface area contributed by atoms with Crippen molar-refractivity contribution in [2.45, 2.75) is 12.6 Å². The molecular weight excluding hydrogens is 317 g/mol. The number of benzene rings is 1. The van der Waals surface area contributed by atoms with Gasteiger partial charge in [-0.1, -0.05) is 10.4 Å². The van der Waals surface area contributed by atoms with Crippen molar-refractivity contribution in [3.05, 3.63) is 48.8 Å². The Morgan fingerprint density at radius 1 is 1.21 bits per heavy atom. The molecule has 1 amide bonds. The molecule has 0 bridgehead atoms. The molecular formula is C14H12FN7O2. The Bertz CT molecular complexity index is 850. The number of rotatable bonds is 4. The van der Waals surface area contributed by atoms with Gasteiger partial charge < -0.3 is 4.74 Å². The molecule has 9 nitrogen and oxygen atoms in total. The Morgan fingerprint density at radius 3 is 2.75 bits per heavy atom. The number of aromatic nitrogens is 6. The maximum absolute atomic E-state index is 14.3. The molecule has 3 heterocycles. The lowest BCUT2D eigenvalue weighted by Crippen LogP contribution is -2.26. The zero-order chi connectivity index (χ0) is 16.5. The molecule has 1 saturated heterocycles. The molecule has 0 N–H and O–H groups in total. The quantitative estimate of drug-likeness (QED) is 0.710. The van der Waals surface area contributed by atoms with Crippen LogP contribution in [0.25, 0.3) is 5.69 Å². The van der Waals surface area contributed by atoms with E-state index in [0.717, 1.165) is 0 Å². The van der Waals surface area contributed by atoms with Crippen molar-refractivity contribution < 1.29 is 13.9 Å². The number of hydrogen-bond donors (Lipinski definition) is 0. The Balaban J connectivity index is 1.53. The molecule has 1 fully saturated rings. The van der Waals surface area contributed by atoms with Gasteiger partial charge in [-0.15, -0.1) is 10.2 Å². The lowest BCUT2D eigenvalue weighted by molar-refractivity contribution is 0.129. The SMILES string of the molecule is O=C1O[C@@H](Cn2ccnn2)CN1c1ccc(-n2ccnn2)c(F)c1. The van der Waals surface area contributed by atoms with Crippen LogP contribution in [0.15, 0.2) is 43.0 Å². The second-order valence-corrected chi connectivity index (χ2v) is 5.22. The number of nitrogens with zero attached hydrogens (tertiary/aromatic N) is 7. The summed E-state index contributed by atoms with van der Waals surface area (Å²) in [7, 11) is 0. The predicted octanol–water partition coefficient (Wildman–Crippen LogP) is 1.02. The van der Waals surface area contributed by atoms with Gasteiger partial charge >= 0.3 is 6.09 Å². The van der Waals surface area contributed by atoms with Crippen molar-refractivity contribution in [2.75, 3.05) is 11.4 Å². The topological polar surface area (TPSA) is 91.0 Å². The molecule has 0 radical (unpaired) electrons. The van der Waals surface area contributed by atoms with E-state index in [1.54, 1.807) is 23.1 Å². The van der Waals surface area contributed by atoms with Crippen LogP contribution in [0.1, 0.15) is 0 Å². The number of carbonyl (C=O) groups is 1. The lowest BCUT2D eigenvalue weighted by atomic mass is 10.2. The highest BCUT2D eigenvalue weighted by molar-refractivity contribution is 5.89. The minimum Gasteiger partial charge on any atom is -0.442 e. The fraction of sp³-hybridized carbons (Fsp3) is 0.214. The molecule has 1 aliphatic rings. The van der Waals surface area contributed by atoms with Crippen molar-refractivity contribution in [3.8, 4) is 5.69 Å². The van der Waals surface area contributed by atoms with Gasteiger partial charge in [0.1, 0.15) is 11.8 Å². The minimum atomic E-state index is -0.520. The van der Waals surface area contributed by atoms with Crippen molar-refractivity contribution in [3.63, 3.8) is 0 Å². The van der Waals surface area contributed by atoms with E-state index < -0.39 is 11.9 Å². The van der Waals surface area contributed by atoms with E-state index >= 15 is 0 Å². The van der Waals surface area contributed by atoms with Crippen molar-refractivity contribution in [1.82, 2.24) is 30.0 Å². The van der Waals surface area contributed by atoms with Crippen LogP contribution in [0.2, 0.25) is 0 Å². The summed E-state index contributed by atoms with van der Waals surface area (Å²) < 4.78 is 22.5. The molecule has 1 atom stereocenters. The van der Waals surface area contributed by atoms with E-state index in [1.165, 1.54) is 34.1 Å². The molecule has 122 valence electrons. The van der Waals surface area contributed by atoms with Crippen LogP contribution in [-0.2, 0) is 11.3 Å². The average molecular weight is 329 g/mol. The highest BCUT2D eigenvalue weighted by Crippen LogP contribution is 2.25. The van der Waals surface area contributed by atoms with Crippen LogP contribution in [-0.4, -0.2) is 48.7 Å². The Labute approximate surface area is 135 Å². The molecule has 24 heavy (non-hydrogen) atoms. The third kappa shape index (κ3) is 2.57. The summed E-state index contributed by atoms with van der Waals surface area (Å²) in [6, 6.07) is 4.45. The standard InChI is InChI=1S/C14H12FN7O2/c15-12-7-10(1-2-13(12)22-6-4-17-19-22)21-9-11(24-14(21)23)8-20-5-3-16-18-20/h1-7,11H,8-9H2/t11-/m0/s1. The second kappa shape index (κ2) is 5.72. The number of carbonyl (C=O) groups excluding carboxylic acids is 1. The molecule has 3 aromatic rings. The molecule has 0 spiro atoms. The first-order valence-electron chi connectivity index (χ1n) is 7.19. The Kier molecular flexibility index (Phi) is 3.41. The van der Waals surface area contributed by atoms with E-state index in [1.807, 2.05) is 0 Å². The first-order chi connectivity index (χ1) is 11.7. The van der Waals surface area contributed by atoms with Gasteiger partial charge in [0.25, 0.3) is 0 Å². The Hall–Kier alpha value is -3.30. The first-order valence-corrected chi connectivity index (χ1v) is 7.19. The third-order valence-electron chi connectivity index (χ3n) is 3.65. The Morgan fingerprint density at radius 2 is 2.04 bits per heavy atom. The van der Waals surface area contributed by atoms with E-state index in [2.05, 4.69) is 20.6 Å². The summed E-state index contributed by atoms with van der Waals surface area (Å²) >= 11 is 0. The molecule has 0 unspecified atom stereocenters. The lowest BCUT2D eigenvalue weighted by Gasteiger charge is -2.14. The monoisotopic (exact) mass is 329 g/mol. The van der Waals surface area contributed by atoms with Crippen LogP contribution < -0.4 is 4.90 Å². The maximum Gasteiger partial charge on any atom is 0.414 e. The van der Waals surface area contributed by atoms with Crippen LogP contribution in [0.5, 0.6) is 0 Å². The van der Waals surface area contributed by atoms with Crippen molar-refractivity contribution in [1.29, 1.82) is 0 Å². The summed E-state index contributed by atoms with van der Waals surface area (Å²) in [5.41, 5.74) is 0.672. The van der Waals surface area contributed by atoms with Gasteiger partial charge in [-0.3, -0.25) is 4.90 Å². The summed E-state index contributed by atoms with van der Waals surface area (Å²) in [4.78, 5) is 13.4. The van der Waals surface area contributed by atoms with Gasteiger partial charge in [0.05, 0.1) is 37.4 Å². The van der Waals surface area contributed by atoms with Gasteiger partial charge in [-0.05, 0) is 18.2 Å². The molecule has 0 aliphatic carbocycles. The fourth-order valence-electron chi connectivity index (χ4n) is 2.55. The van der Waals surface area contributed by atoms with Gasteiger partial charge in [0, 0.05) is 6.20 Å². The zero-order valence-electron chi connectivity index (χ0n) is 12.4. The molecule has 0 saturated carbocycles. The van der Waals surface area contributed by atoms with E-state index in [9.17, 15) is 9.18 Å². The molecule has 10 heteroatoms. The summed E-state index contributed by atoms with van der Waals surface area (Å²) in [6.45, 7) is 0.697. The average Bonchev–Trinajstić information content (AvgIpc) is 3.30. The normalized spacial score (nSPS) is 17.3. The number of cyclic esters (lactones) is 1. The molecule has 1 aromatic carbocycles. The van der Waals surface area contributed by atoms with Gasteiger partial charge in [0.2, 0.25) is 0 Å². The fourth-order valence-corrected chi connectivity index (χ4v) is 2.55. The van der Waals surface area contributed by atoms with Crippen LogP contribution in [0.3, 0.4) is 0 Å². The number of amides is 1. The number of anilines is 1. The second-order valence-electron chi connectivity index (χ2n) is 5.22. The predicted molar refractivity (Wildman–Crippen MR) is 79.0 cm³/mol. The van der Waals surface area contributed by atoms with Gasteiger partial charge in [-0.2, -0.15) is 0 Å². The zero-order valence-corrected chi connectivity index (χ0v) is 12.4. The highest BCUT2D eigenvalue weighted by atomic mass is 19.1. The number of ether oxygens (including phenoxy) is 1. The van der Waals surface area contributed by atoms with Crippen molar-refractivity contribution >= 4 is 11.8 Å². The molecule has 1 aliphatic heterocycles. The van der Waals surface area contributed by atoms with Crippen molar-refractivity contribution in [2.24, 2.45) is 0 Å². The number of hydrogen-bond acceptors (Lipinski definition) is 6. The van der Waals surface area contributed by atoms with Gasteiger partial charge in [-0.25, -0.2) is 18.5 Å². The first kappa shape index (κ1) is 14.3. The maximum atomic E-state index is 14.3. The number of halogens is 1. The smallest absolute Gasteiger partial charge is 0.414 e.